The number of aryl methyl sites for hydroxylation is 4. The van der Waals surface area contributed by atoms with Gasteiger partial charge in [0.2, 0.25) is 0 Å². The highest BCUT2D eigenvalue weighted by Gasteiger charge is 2.45. The molecular weight excluding hydrogens is 324 g/mol. The smallest absolute Gasteiger partial charge is 0.109 e. The molecule has 1 fully saturated rings. The van der Waals surface area contributed by atoms with E-state index in [0.717, 1.165) is 58.3 Å². The Morgan fingerprint density at radius 2 is 1.81 bits per heavy atom. The largest absolute Gasteiger partial charge is 0.282 e. The number of hydrogen-bond donors (Lipinski definition) is 2. The molecule has 3 aromatic heterocycles. The summed E-state index contributed by atoms with van der Waals surface area (Å²) < 4.78 is 2.05. The molecule has 6 heteroatoms. The van der Waals surface area contributed by atoms with Crippen LogP contribution < -0.4 is 0 Å². The topological polar surface area (TPSA) is 75.2 Å². The third kappa shape index (κ3) is 1.84. The summed E-state index contributed by atoms with van der Waals surface area (Å²) in [5.74, 6) is 0. The van der Waals surface area contributed by atoms with E-state index in [9.17, 15) is 0 Å². The fourth-order valence-corrected chi connectivity index (χ4v) is 4.40. The molecule has 0 aromatic carbocycles. The number of allylic oxidation sites excluding steroid dienone is 4. The number of aromatic amines is 2. The van der Waals surface area contributed by atoms with Crippen molar-refractivity contribution in [2.75, 3.05) is 0 Å². The highest BCUT2D eigenvalue weighted by molar-refractivity contribution is 5.69. The van der Waals surface area contributed by atoms with Crippen molar-refractivity contribution in [1.82, 2.24) is 30.2 Å². The molecule has 0 aliphatic heterocycles. The summed E-state index contributed by atoms with van der Waals surface area (Å²) in [6.45, 7) is 8.15. The van der Waals surface area contributed by atoms with Crippen molar-refractivity contribution in [3.8, 4) is 16.9 Å². The van der Waals surface area contributed by atoms with Crippen molar-refractivity contribution in [2.24, 2.45) is 0 Å². The maximum absolute atomic E-state index is 5.09. The van der Waals surface area contributed by atoms with Crippen molar-refractivity contribution in [3.63, 3.8) is 0 Å². The number of H-pyrrole nitrogens is 2. The number of rotatable bonds is 3. The molecule has 2 aliphatic rings. The lowest BCUT2D eigenvalue weighted by Crippen LogP contribution is -2.33. The number of aromatic nitrogens is 6. The molecule has 1 atom stereocenters. The van der Waals surface area contributed by atoms with Crippen LogP contribution in [0.25, 0.3) is 16.9 Å². The highest BCUT2D eigenvalue weighted by atomic mass is 15.3. The Bertz CT molecular complexity index is 987. The Morgan fingerprint density at radius 3 is 2.38 bits per heavy atom. The summed E-state index contributed by atoms with van der Waals surface area (Å²) in [6.07, 6.45) is 8.99. The molecule has 6 nitrogen and oxygen atoms in total. The maximum atomic E-state index is 5.09. The third-order valence-corrected chi connectivity index (χ3v) is 5.89. The zero-order chi connectivity index (χ0) is 18.1. The van der Waals surface area contributed by atoms with E-state index in [1.807, 2.05) is 25.5 Å². The molecule has 132 valence electrons. The van der Waals surface area contributed by atoms with Crippen LogP contribution in [0.1, 0.15) is 41.3 Å². The van der Waals surface area contributed by atoms with Gasteiger partial charge in [-0.2, -0.15) is 15.3 Å². The molecule has 0 radical (unpaired) electrons. The van der Waals surface area contributed by atoms with Crippen molar-refractivity contribution in [2.45, 2.75) is 46.0 Å². The van der Waals surface area contributed by atoms with Gasteiger partial charge in [0.05, 0.1) is 33.9 Å². The molecule has 5 rings (SSSR count). The second-order valence-electron chi connectivity index (χ2n) is 7.44. The Kier molecular flexibility index (Phi) is 2.99. The normalized spacial score (nSPS) is 21.0. The van der Waals surface area contributed by atoms with Gasteiger partial charge >= 0.3 is 0 Å². The monoisotopic (exact) mass is 346 g/mol. The van der Waals surface area contributed by atoms with Gasteiger partial charge in [0.25, 0.3) is 0 Å². The predicted octanol–water partition coefficient (Wildman–Crippen LogP) is 3.75. The summed E-state index contributed by atoms with van der Waals surface area (Å²) in [4.78, 5) is 0. The van der Waals surface area contributed by atoms with E-state index >= 15 is 0 Å². The summed E-state index contributed by atoms with van der Waals surface area (Å²) in [6, 6.07) is 2.24. The number of hydrogen-bond acceptors (Lipinski definition) is 3. The van der Waals surface area contributed by atoms with Gasteiger partial charge in [0.1, 0.15) is 5.69 Å². The molecule has 26 heavy (non-hydrogen) atoms. The van der Waals surface area contributed by atoms with Crippen LogP contribution in [0.4, 0.5) is 0 Å². The lowest BCUT2D eigenvalue weighted by Gasteiger charge is -2.38. The van der Waals surface area contributed by atoms with E-state index in [1.165, 1.54) is 5.57 Å². The zero-order valence-electron chi connectivity index (χ0n) is 15.5. The molecule has 0 bridgehead atoms. The molecule has 2 N–H and O–H groups in total. The summed E-state index contributed by atoms with van der Waals surface area (Å²) in [5.41, 5.74) is 9.77. The van der Waals surface area contributed by atoms with Gasteiger partial charge in [-0.1, -0.05) is 23.8 Å². The minimum Gasteiger partial charge on any atom is -0.282 e. The second-order valence-corrected chi connectivity index (χ2v) is 7.44. The van der Waals surface area contributed by atoms with Crippen molar-refractivity contribution >= 4 is 0 Å². The quantitative estimate of drug-likeness (QED) is 0.758. The van der Waals surface area contributed by atoms with E-state index in [1.54, 1.807) is 0 Å². The fraction of sp³-hybridized carbons (Fsp3) is 0.350. The molecule has 3 heterocycles. The number of nitrogens with zero attached hydrogens (tertiary/aromatic N) is 4. The third-order valence-electron chi connectivity index (χ3n) is 5.89. The molecular formula is C20H22N6. The average molecular weight is 346 g/mol. The van der Waals surface area contributed by atoms with Crippen LogP contribution in [0.3, 0.4) is 0 Å². The van der Waals surface area contributed by atoms with Crippen LogP contribution in [0.2, 0.25) is 0 Å². The summed E-state index contributed by atoms with van der Waals surface area (Å²) >= 11 is 0. The average Bonchev–Trinajstić information content (AvgIpc) is 3.30. The van der Waals surface area contributed by atoms with Crippen LogP contribution in [-0.4, -0.2) is 30.2 Å². The fourth-order valence-electron chi connectivity index (χ4n) is 4.40. The first-order valence-electron chi connectivity index (χ1n) is 9.04. The second kappa shape index (κ2) is 5.06. The lowest BCUT2D eigenvalue weighted by molar-refractivity contribution is 0.439. The van der Waals surface area contributed by atoms with Crippen molar-refractivity contribution in [1.29, 1.82) is 0 Å². The predicted molar refractivity (Wildman–Crippen MR) is 100 cm³/mol. The van der Waals surface area contributed by atoms with Gasteiger partial charge in [0.15, 0.2) is 0 Å². The molecule has 0 saturated heterocycles. The number of fused-ring (bicyclic) bond motifs is 1. The van der Waals surface area contributed by atoms with Gasteiger partial charge in [-0.05, 0) is 46.6 Å². The standard InChI is InChI=1S/C20H22N6/c1-11-18(12(2)22-21-11)16-10-17(20-8-5-6-15(20)7-9-20)25-26(16)19-13(3)23-24-14(19)4/h5-6,8,10H,7,9H2,1-4H3,(H,21,22)(H,23,24). The van der Waals surface area contributed by atoms with E-state index in [0.29, 0.717) is 0 Å². The van der Waals surface area contributed by atoms with E-state index in [2.05, 4.69) is 51.6 Å². The molecule has 2 aliphatic carbocycles. The zero-order valence-corrected chi connectivity index (χ0v) is 15.5. The summed E-state index contributed by atoms with van der Waals surface area (Å²) in [5, 5.41) is 20.1. The molecule has 1 unspecified atom stereocenters. The van der Waals surface area contributed by atoms with E-state index < -0.39 is 0 Å². The van der Waals surface area contributed by atoms with Crippen LogP contribution >= 0.6 is 0 Å². The van der Waals surface area contributed by atoms with Crippen molar-refractivity contribution < 1.29 is 0 Å². The molecule has 3 aromatic rings. The van der Waals surface area contributed by atoms with Crippen LogP contribution in [0.5, 0.6) is 0 Å². The minimum atomic E-state index is -0.0168. The first kappa shape index (κ1) is 15.4. The number of nitrogens with one attached hydrogen (secondary N) is 2. The summed E-state index contributed by atoms with van der Waals surface area (Å²) in [7, 11) is 0. The molecule has 0 spiro atoms. The highest BCUT2D eigenvalue weighted by Crippen LogP contribution is 2.52. The van der Waals surface area contributed by atoms with Gasteiger partial charge in [-0.3, -0.25) is 10.2 Å². The van der Waals surface area contributed by atoms with Gasteiger partial charge in [-0.15, -0.1) is 0 Å². The Hall–Kier alpha value is -2.89. The minimum absolute atomic E-state index is 0.0168. The van der Waals surface area contributed by atoms with Gasteiger partial charge in [-0.25, -0.2) is 4.68 Å². The maximum Gasteiger partial charge on any atom is 0.109 e. The van der Waals surface area contributed by atoms with E-state index in [-0.39, 0.29) is 5.41 Å². The molecule has 1 saturated carbocycles. The lowest BCUT2D eigenvalue weighted by atomic mass is 9.64. The Labute approximate surface area is 152 Å². The SMILES string of the molecule is Cc1n[nH]c(C)c1-c1cc(C23C=CC=C2CC3)nn1-c1c(C)n[nH]c1C. The van der Waals surface area contributed by atoms with E-state index in [4.69, 9.17) is 5.10 Å². The Balaban J connectivity index is 1.78. The van der Waals surface area contributed by atoms with Crippen LogP contribution in [0.15, 0.2) is 29.9 Å². The van der Waals surface area contributed by atoms with Gasteiger partial charge < -0.3 is 0 Å². The first-order valence-corrected chi connectivity index (χ1v) is 9.04. The molecule has 0 amide bonds. The van der Waals surface area contributed by atoms with Crippen LogP contribution in [-0.2, 0) is 5.41 Å². The first-order chi connectivity index (χ1) is 12.5. The Morgan fingerprint density at radius 1 is 1.04 bits per heavy atom. The van der Waals surface area contributed by atoms with Crippen LogP contribution in [0, 0.1) is 27.7 Å². The van der Waals surface area contributed by atoms with Gasteiger partial charge in [0, 0.05) is 11.3 Å². The van der Waals surface area contributed by atoms with Crippen molar-refractivity contribution in [3.05, 3.63) is 58.3 Å².